The van der Waals surface area contributed by atoms with E-state index in [1.165, 1.54) is 346 Å². The number of aromatic nitrogens is 1. The Balaban J connectivity index is 1.55. The minimum Gasteiger partial charge on any atom is -0.871 e. The molecule has 0 atom stereocenters. The number of allylic oxidation sites excluding steroid dienone is 2. The molecule has 0 spiro atoms. The Hall–Kier alpha value is -2.41. The average molecular weight is 1110 g/mol. The average Bonchev–Trinajstić information content (AvgIpc) is 4.10. The largest absolute Gasteiger partial charge is 0.871 e. The maximum absolute atomic E-state index is 13.9. The van der Waals surface area contributed by atoms with Crippen molar-refractivity contribution < 1.29 is 14.5 Å². The number of hydrogen-bond donors (Lipinski definition) is 0. The van der Waals surface area contributed by atoms with Crippen LogP contribution in [0.2, 0.25) is 0 Å². The second kappa shape index (κ2) is 51.2. The lowest BCUT2D eigenvalue weighted by molar-refractivity contribution is -0.524. The van der Waals surface area contributed by atoms with Gasteiger partial charge in [-0.1, -0.05) is 329 Å². The molecule has 0 aromatic carbocycles. The summed E-state index contributed by atoms with van der Waals surface area (Å²) >= 11 is 1.54. The van der Waals surface area contributed by atoms with Gasteiger partial charge in [-0.3, -0.25) is 9.78 Å². The number of aliphatic imine (C=N–C) groups is 1. The number of anilines is 1. The van der Waals surface area contributed by atoms with Crippen LogP contribution in [0.4, 0.5) is 5.69 Å². The summed E-state index contributed by atoms with van der Waals surface area (Å²) in [7, 11) is 0. The quantitative estimate of drug-likeness (QED) is 0.0369. The zero-order valence-electron chi connectivity index (χ0n) is 52.9. The van der Waals surface area contributed by atoms with Gasteiger partial charge in [-0.2, -0.15) is 0 Å². The maximum atomic E-state index is 13.9. The summed E-state index contributed by atoms with van der Waals surface area (Å²) in [4.78, 5) is 26.0. The molecule has 1 aliphatic heterocycles. The first-order chi connectivity index (χ1) is 39.0. The van der Waals surface area contributed by atoms with E-state index in [0.717, 1.165) is 36.9 Å². The number of carbonyl (C=O) groups is 1. The fraction of sp³-hybridized carbons (Fsp3) is 0.833. The Kier molecular flexibility index (Phi) is 46.0. The van der Waals surface area contributed by atoms with Crippen molar-refractivity contribution >= 4 is 40.1 Å². The van der Waals surface area contributed by atoms with Crippen molar-refractivity contribution in [2.45, 2.75) is 362 Å². The van der Waals surface area contributed by atoms with Gasteiger partial charge in [0.05, 0.1) is 17.6 Å². The van der Waals surface area contributed by atoms with Crippen molar-refractivity contribution in [1.29, 1.82) is 0 Å². The van der Waals surface area contributed by atoms with Gasteiger partial charge in [0.1, 0.15) is 24.3 Å². The lowest BCUT2D eigenvalue weighted by Crippen LogP contribution is -2.30. The van der Waals surface area contributed by atoms with Crippen LogP contribution in [0.25, 0.3) is 5.57 Å². The van der Waals surface area contributed by atoms with Gasteiger partial charge < -0.3 is 10.0 Å². The van der Waals surface area contributed by atoms with Gasteiger partial charge in [-0.15, -0.1) is 0 Å². The first-order valence-corrected chi connectivity index (χ1v) is 36.1. The van der Waals surface area contributed by atoms with Crippen LogP contribution in [0.1, 0.15) is 367 Å². The molecule has 0 fully saturated rings. The van der Waals surface area contributed by atoms with Crippen molar-refractivity contribution in [3.63, 3.8) is 0 Å². The standard InChI is InChI=1S/C72H128N4O2S/c1-5-9-13-17-21-25-29-33-35-39-41-45-49-53-59-75(60-54-50-46-42-40-36-34-30-26-22-18-14-10-6-2)65-57-58-66(73-63-65)68-70(77)69(71(68)78)72-74-64-67(79-72)76(61-55-51-47-43-37-31-27-23-19-15-11-7-3)62-56-52-48-44-38-32-28-24-20-16-12-8-4/h57-58,63-64H,5-56,59-62H2,1-4H3. The molecule has 0 bridgehead atoms. The molecule has 3 rings (SSSR count). The smallest absolute Gasteiger partial charge is 0.259 e. The molecular formula is C72H128N4O2S. The summed E-state index contributed by atoms with van der Waals surface area (Å²) in [5, 5.41) is 15.6. The lowest BCUT2D eigenvalue weighted by Gasteiger charge is -2.30. The van der Waals surface area contributed by atoms with Crippen LogP contribution in [0, 0.1) is 0 Å². The fourth-order valence-electron chi connectivity index (χ4n) is 12.1. The molecule has 2 aliphatic rings. The van der Waals surface area contributed by atoms with E-state index in [1.807, 2.05) is 18.5 Å². The van der Waals surface area contributed by atoms with E-state index in [4.69, 9.17) is 9.98 Å². The number of nitrogens with zero attached hydrogens (tertiary/aromatic N) is 4. The van der Waals surface area contributed by atoms with E-state index in [0.29, 0.717) is 10.7 Å². The van der Waals surface area contributed by atoms with Gasteiger partial charge in [0.15, 0.2) is 5.78 Å². The second-order valence-corrected chi connectivity index (χ2v) is 25.8. The molecule has 1 aromatic rings. The monoisotopic (exact) mass is 1110 g/mol. The molecule has 2 heterocycles. The van der Waals surface area contributed by atoms with E-state index in [2.05, 4.69) is 43.2 Å². The molecule has 1 aliphatic carbocycles. The van der Waals surface area contributed by atoms with Crippen LogP contribution in [0.5, 0.6) is 0 Å². The number of rotatable bonds is 58. The van der Waals surface area contributed by atoms with Crippen LogP contribution in [0.15, 0.2) is 39.7 Å². The zero-order chi connectivity index (χ0) is 56.3. The van der Waals surface area contributed by atoms with Gasteiger partial charge in [0, 0.05) is 48.8 Å². The molecule has 0 saturated heterocycles. The second-order valence-electron chi connectivity index (χ2n) is 24.8. The Bertz CT molecular complexity index is 1670. The molecule has 6 nitrogen and oxygen atoms in total. The van der Waals surface area contributed by atoms with Gasteiger partial charge in [0.25, 0.3) is 5.04 Å². The number of Topliss-reactive ketones (excluding diaryl/α,β-unsaturated/α-hetero) is 1. The highest BCUT2D eigenvalue weighted by Gasteiger charge is 2.35. The van der Waals surface area contributed by atoms with E-state index in [1.54, 1.807) is 0 Å². The lowest BCUT2D eigenvalue weighted by atomic mass is 9.86. The molecule has 454 valence electrons. The van der Waals surface area contributed by atoms with E-state index in [-0.39, 0.29) is 22.7 Å². The predicted molar refractivity (Wildman–Crippen MR) is 349 cm³/mol. The van der Waals surface area contributed by atoms with E-state index >= 15 is 0 Å². The molecule has 1 aromatic heterocycles. The van der Waals surface area contributed by atoms with Gasteiger partial charge in [-0.25, -0.2) is 9.57 Å². The van der Waals surface area contributed by atoms with Gasteiger partial charge in [-0.05, 0) is 37.8 Å². The summed E-state index contributed by atoms with van der Waals surface area (Å²) in [6.07, 6.45) is 74.5. The molecule has 7 heteroatoms. The van der Waals surface area contributed by atoms with E-state index in [9.17, 15) is 9.90 Å². The molecular weight excluding hydrogens is 985 g/mol. The molecule has 79 heavy (non-hydrogen) atoms. The van der Waals surface area contributed by atoms with Crippen molar-refractivity contribution in [3.05, 3.63) is 40.4 Å². The SMILES string of the molecule is CCCCCCCCCCCCCCCCN(CCCCCCCCCCCCCCCC)c1ccc(C2=C([O-])/C(=C3\N=CC(=[N+](CCCCCCCCCCCCCC)CCCCCCCCCCCCCC)S3)C2=O)nc1. The fourth-order valence-corrected chi connectivity index (χ4v) is 13.1. The number of hydrogen-bond acceptors (Lipinski definition) is 6. The van der Waals surface area contributed by atoms with Crippen molar-refractivity contribution in [2.24, 2.45) is 4.99 Å². The summed E-state index contributed by atoms with van der Waals surface area (Å²) in [6.45, 7) is 13.3. The third kappa shape index (κ3) is 34.7. The highest BCUT2D eigenvalue weighted by atomic mass is 32.2. The highest BCUT2D eigenvalue weighted by Crippen LogP contribution is 2.41. The zero-order valence-corrected chi connectivity index (χ0v) is 53.7. The van der Waals surface area contributed by atoms with Gasteiger partial charge in [0.2, 0.25) is 0 Å². The highest BCUT2D eigenvalue weighted by molar-refractivity contribution is 8.19. The summed E-state index contributed by atoms with van der Waals surface area (Å²) in [5.41, 5.74) is 2.11. The summed E-state index contributed by atoms with van der Waals surface area (Å²) in [6, 6.07) is 4.05. The Morgan fingerprint density at radius 2 is 0.709 bits per heavy atom. The number of ketones is 1. The Morgan fingerprint density at radius 3 is 1.00 bits per heavy atom. The van der Waals surface area contributed by atoms with Crippen LogP contribution < -0.4 is 10.0 Å². The number of thioether (sulfide) groups is 1. The van der Waals surface area contributed by atoms with Crippen LogP contribution in [-0.2, 0) is 4.79 Å². The normalized spacial score (nSPS) is 14.4. The molecule has 0 N–H and O–H groups in total. The first-order valence-electron chi connectivity index (χ1n) is 35.3. The number of unbranched alkanes of at least 4 members (excludes halogenated alkanes) is 48. The molecule has 0 unspecified atom stereocenters. The van der Waals surface area contributed by atoms with Crippen molar-refractivity contribution in [2.75, 3.05) is 31.1 Å². The third-order valence-electron chi connectivity index (χ3n) is 17.4. The molecule has 0 saturated carbocycles. The van der Waals surface area contributed by atoms with Gasteiger partial charge >= 0.3 is 0 Å². The summed E-state index contributed by atoms with van der Waals surface area (Å²) < 4.78 is 2.51. The van der Waals surface area contributed by atoms with Crippen molar-refractivity contribution in [1.82, 2.24) is 4.98 Å². The third-order valence-corrected chi connectivity index (χ3v) is 18.5. The van der Waals surface area contributed by atoms with Crippen LogP contribution in [0.3, 0.4) is 0 Å². The minimum absolute atomic E-state index is 0.193. The van der Waals surface area contributed by atoms with E-state index < -0.39 is 0 Å². The first kappa shape index (κ1) is 70.9. The van der Waals surface area contributed by atoms with Crippen LogP contribution in [-0.4, -0.2) is 52.8 Å². The topological polar surface area (TPSA) is 71.6 Å². The number of carbonyl (C=O) groups excluding carboxylic acids is 1. The number of pyridine rings is 1. The summed E-state index contributed by atoms with van der Waals surface area (Å²) in [5.74, 6) is -0.386. The minimum atomic E-state index is -0.193. The Morgan fingerprint density at radius 1 is 0.405 bits per heavy atom. The molecule has 0 radical (unpaired) electrons. The maximum Gasteiger partial charge on any atom is 0.259 e. The predicted octanol–water partition coefficient (Wildman–Crippen LogP) is 22.3. The Labute approximate surface area is 495 Å². The van der Waals surface area contributed by atoms with Crippen LogP contribution >= 0.6 is 11.8 Å². The van der Waals surface area contributed by atoms with Crippen molar-refractivity contribution in [3.8, 4) is 0 Å². The molecule has 0 amide bonds.